The average Bonchev–Trinajstić information content (AvgIpc) is 3.27. The Hall–Kier alpha value is -3.74. The summed E-state index contributed by atoms with van der Waals surface area (Å²) in [6.45, 7) is 2.71. The van der Waals surface area contributed by atoms with Crippen LogP contribution in [0.2, 0.25) is 0 Å². The van der Waals surface area contributed by atoms with Gasteiger partial charge in [-0.15, -0.1) is 10.2 Å². The zero-order valence-corrected chi connectivity index (χ0v) is 15.7. The first-order valence-electron chi connectivity index (χ1n) is 9.54. The number of carbonyl (C=O) groups is 1. The number of amides is 1. The summed E-state index contributed by atoms with van der Waals surface area (Å²) < 4.78 is 5.24. The first-order chi connectivity index (χ1) is 14.3. The predicted molar refractivity (Wildman–Crippen MR) is 110 cm³/mol. The Bertz CT molecular complexity index is 1130. The topological polar surface area (TPSA) is 75.4 Å². The molecule has 0 radical (unpaired) electrons. The molecule has 7 heteroatoms. The van der Waals surface area contributed by atoms with Gasteiger partial charge in [-0.1, -0.05) is 30.3 Å². The quantitative estimate of drug-likeness (QED) is 0.539. The van der Waals surface area contributed by atoms with E-state index < -0.39 is 0 Å². The van der Waals surface area contributed by atoms with Crippen molar-refractivity contribution in [3.05, 3.63) is 72.6 Å². The molecule has 1 amide bonds. The molecule has 2 aromatic heterocycles. The van der Waals surface area contributed by atoms with Gasteiger partial charge in [-0.25, -0.2) is 4.98 Å². The van der Waals surface area contributed by atoms with Crippen LogP contribution in [0.5, 0.6) is 0 Å². The van der Waals surface area contributed by atoms with Gasteiger partial charge in [-0.2, -0.15) is 0 Å². The third-order valence-corrected chi connectivity index (χ3v) is 5.19. The molecule has 1 aliphatic heterocycles. The summed E-state index contributed by atoms with van der Waals surface area (Å²) >= 11 is 0. The Morgan fingerprint density at radius 2 is 1.72 bits per heavy atom. The standard InChI is InChI=1S/C22H19N5O2/c28-22(17-6-8-20-19(14-17)23-15-29-20)27-12-10-26(11-13-27)21-9-7-18(24-25-21)16-4-2-1-3-5-16/h1-9,14-15H,10-13H2. The van der Waals surface area contributed by atoms with Crippen LogP contribution in [0.25, 0.3) is 22.4 Å². The molecule has 4 aromatic rings. The number of rotatable bonds is 3. The van der Waals surface area contributed by atoms with E-state index >= 15 is 0 Å². The fraction of sp³-hybridized carbons (Fsp3) is 0.182. The Balaban J connectivity index is 1.24. The van der Waals surface area contributed by atoms with Crippen molar-refractivity contribution in [2.45, 2.75) is 0 Å². The average molecular weight is 385 g/mol. The smallest absolute Gasteiger partial charge is 0.254 e. The van der Waals surface area contributed by atoms with E-state index in [2.05, 4.69) is 20.1 Å². The Morgan fingerprint density at radius 1 is 0.897 bits per heavy atom. The van der Waals surface area contributed by atoms with Crippen molar-refractivity contribution >= 4 is 22.8 Å². The van der Waals surface area contributed by atoms with Gasteiger partial charge in [0, 0.05) is 37.3 Å². The van der Waals surface area contributed by atoms with Crippen LogP contribution in [0.15, 0.2) is 71.5 Å². The van der Waals surface area contributed by atoms with Crippen LogP contribution in [0.3, 0.4) is 0 Å². The van der Waals surface area contributed by atoms with E-state index in [1.54, 1.807) is 18.2 Å². The molecule has 0 atom stereocenters. The molecule has 1 aliphatic rings. The molecule has 0 N–H and O–H groups in total. The number of anilines is 1. The van der Waals surface area contributed by atoms with Crippen molar-refractivity contribution in [3.63, 3.8) is 0 Å². The zero-order valence-electron chi connectivity index (χ0n) is 15.7. The third kappa shape index (κ3) is 3.42. The van der Waals surface area contributed by atoms with Crippen LogP contribution >= 0.6 is 0 Å². The van der Waals surface area contributed by atoms with Gasteiger partial charge in [0.15, 0.2) is 17.8 Å². The van der Waals surface area contributed by atoms with Crippen molar-refractivity contribution in [1.29, 1.82) is 0 Å². The molecule has 29 heavy (non-hydrogen) atoms. The predicted octanol–water partition coefficient (Wildman–Crippen LogP) is 3.25. The van der Waals surface area contributed by atoms with Gasteiger partial charge in [-0.05, 0) is 30.3 Å². The number of hydrogen-bond acceptors (Lipinski definition) is 6. The second kappa shape index (κ2) is 7.35. The van der Waals surface area contributed by atoms with Gasteiger partial charge in [0.1, 0.15) is 5.52 Å². The summed E-state index contributed by atoms with van der Waals surface area (Å²) in [5.74, 6) is 0.848. The first-order valence-corrected chi connectivity index (χ1v) is 9.54. The van der Waals surface area contributed by atoms with E-state index in [1.807, 2.05) is 47.4 Å². The highest BCUT2D eigenvalue weighted by Gasteiger charge is 2.23. The van der Waals surface area contributed by atoms with Gasteiger partial charge in [0.2, 0.25) is 0 Å². The lowest BCUT2D eigenvalue weighted by Gasteiger charge is -2.35. The van der Waals surface area contributed by atoms with Crippen LogP contribution in [-0.2, 0) is 0 Å². The summed E-state index contributed by atoms with van der Waals surface area (Å²) in [5, 5.41) is 8.75. The third-order valence-electron chi connectivity index (χ3n) is 5.19. The number of oxazole rings is 1. The second-order valence-electron chi connectivity index (χ2n) is 6.96. The molecule has 7 nitrogen and oxygen atoms in total. The Labute approximate surface area is 167 Å². The van der Waals surface area contributed by atoms with Gasteiger partial charge in [-0.3, -0.25) is 4.79 Å². The van der Waals surface area contributed by atoms with E-state index in [-0.39, 0.29) is 5.91 Å². The van der Waals surface area contributed by atoms with Crippen LogP contribution in [0.1, 0.15) is 10.4 Å². The molecule has 2 aromatic carbocycles. The second-order valence-corrected chi connectivity index (χ2v) is 6.96. The number of fused-ring (bicyclic) bond motifs is 1. The largest absolute Gasteiger partial charge is 0.443 e. The number of carbonyl (C=O) groups excluding carboxylic acids is 1. The highest BCUT2D eigenvalue weighted by atomic mass is 16.3. The molecule has 0 spiro atoms. The molecule has 0 unspecified atom stereocenters. The van der Waals surface area contributed by atoms with E-state index in [9.17, 15) is 4.79 Å². The molecular weight excluding hydrogens is 366 g/mol. The van der Waals surface area contributed by atoms with E-state index in [0.717, 1.165) is 30.2 Å². The lowest BCUT2D eigenvalue weighted by Crippen LogP contribution is -2.49. The minimum Gasteiger partial charge on any atom is -0.443 e. The van der Waals surface area contributed by atoms with Crippen LogP contribution in [0, 0.1) is 0 Å². The van der Waals surface area contributed by atoms with Gasteiger partial charge in [0.05, 0.1) is 5.69 Å². The lowest BCUT2D eigenvalue weighted by molar-refractivity contribution is 0.0746. The molecule has 144 valence electrons. The fourth-order valence-corrected chi connectivity index (χ4v) is 3.57. The van der Waals surface area contributed by atoms with Crippen LogP contribution in [0.4, 0.5) is 5.82 Å². The molecule has 0 aliphatic carbocycles. The summed E-state index contributed by atoms with van der Waals surface area (Å²) in [5.41, 5.74) is 3.91. The molecule has 5 rings (SSSR count). The maximum absolute atomic E-state index is 12.8. The molecule has 0 bridgehead atoms. The molecule has 1 saturated heterocycles. The SMILES string of the molecule is O=C(c1ccc2ocnc2c1)N1CCN(c2ccc(-c3ccccc3)nn2)CC1. The van der Waals surface area contributed by atoms with Crippen LogP contribution in [-0.4, -0.2) is 52.2 Å². The normalized spacial score (nSPS) is 14.3. The first kappa shape index (κ1) is 17.4. The maximum atomic E-state index is 12.8. The number of aromatic nitrogens is 3. The molecule has 0 saturated carbocycles. The van der Waals surface area contributed by atoms with E-state index in [0.29, 0.717) is 29.8 Å². The minimum atomic E-state index is 0.0139. The van der Waals surface area contributed by atoms with Gasteiger partial charge < -0.3 is 14.2 Å². The number of hydrogen-bond donors (Lipinski definition) is 0. The van der Waals surface area contributed by atoms with Gasteiger partial charge in [0.25, 0.3) is 5.91 Å². The minimum absolute atomic E-state index is 0.0139. The van der Waals surface area contributed by atoms with Crippen molar-refractivity contribution < 1.29 is 9.21 Å². The highest BCUT2D eigenvalue weighted by molar-refractivity contribution is 5.97. The van der Waals surface area contributed by atoms with Gasteiger partial charge >= 0.3 is 0 Å². The zero-order chi connectivity index (χ0) is 19.6. The summed E-state index contributed by atoms with van der Waals surface area (Å²) in [7, 11) is 0. The number of benzene rings is 2. The van der Waals surface area contributed by atoms with Crippen molar-refractivity contribution in [3.8, 4) is 11.3 Å². The van der Waals surface area contributed by atoms with Crippen molar-refractivity contribution in [2.75, 3.05) is 31.1 Å². The number of nitrogens with zero attached hydrogens (tertiary/aromatic N) is 5. The monoisotopic (exact) mass is 385 g/mol. The summed E-state index contributed by atoms with van der Waals surface area (Å²) in [4.78, 5) is 21.0. The maximum Gasteiger partial charge on any atom is 0.254 e. The van der Waals surface area contributed by atoms with Crippen molar-refractivity contribution in [2.24, 2.45) is 0 Å². The van der Waals surface area contributed by atoms with E-state index in [4.69, 9.17) is 4.42 Å². The lowest BCUT2D eigenvalue weighted by atomic mass is 10.1. The summed E-state index contributed by atoms with van der Waals surface area (Å²) in [6.07, 6.45) is 1.39. The number of piperazine rings is 1. The molecule has 3 heterocycles. The van der Waals surface area contributed by atoms with E-state index in [1.165, 1.54) is 6.39 Å². The summed E-state index contributed by atoms with van der Waals surface area (Å²) in [6, 6.07) is 19.3. The van der Waals surface area contributed by atoms with Crippen LogP contribution < -0.4 is 4.90 Å². The fourth-order valence-electron chi connectivity index (χ4n) is 3.57. The Morgan fingerprint density at radius 3 is 2.48 bits per heavy atom. The van der Waals surface area contributed by atoms with Crippen molar-refractivity contribution in [1.82, 2.24) is 20.1 Å². The molecule has 1 fully saturated rings. The highest BCUT2D eigenvalue weighted by Crippen LogP contribution is 2.20. The Kier molecular flexibility index (Phi) is 4.40. The molecular formula is C22H19N5O2.